The van der Waals surface area contributed by atoms with Gasteiger partial charge in [0.05, 0.1) is 22.5 Å². The lowest BCUT2D eigenvalue weighted by Gasteiger charge is -1.99. The Kier molecular flexibility index (Phi) is 3.96. The van der Waals surface area contributed by atoms with Crippen LogP contribution in [0.4, 0.5) is 0 Å². The molecule has 3 rings (SSSR count). The molecule has 1 amide bonds. The zero-order chi connectivity index (χ0) is 15.7. The monoisotopic (exact) mass is 375 g/mol. The standard InChI is InChI=1S/C15H10BrN3O2S/c1-3-6-19-11-5-4-10(16)8-13(11)22-15(19)17-14(20)12-7-9(2)18-21-12/h1,4-5,7-8H,6H2,2H3. The van der Waals surface area contributed by atoms with Gasteiger partial charge in [0, 0.05) is 10.5 Å². The van der Waals surface area contributed by atoms with Crippen LogP contribution in [0.5, 0.6) is 0 Å². The van der Waals surface area contributed by atoms with Crippen LogP contribution >= 0.6 is 27.3 Å². The maximum absolute atomic E-state index is 12.2. The summed E-state index contributed by atoms with van der Waals surface area (Å²) in [5, 5.41) is 3.69. The number of aryl methyl sites for hydroxylation is 1. The number of hydrogen-bond acceptors (Lipinski definition) is 4. The van der Waals surface area contributed by atoms with Gasteiger partial charge in [0.1, 0.15) is 0 Å². The molecule has 0 bridgehead atoms. The molecule has 7 heteroatoms. The van der Waals surface area contributed by atoms with Gasteiger partial charge in [0.25, 0.3) is 0 Å². The van der Waals surface area contributed by atoms with Crippen molar-refractivity contribution < 1.29 is 9.32 Å². The Balaban J connectivity index is 2.17. The van der Waals surface area contributed by atoms with Crippen LogP contribution in [0, 0.1) is 19.3 Å². The topological polar surface area (TPSA) is 60.4 Å². The van der Waals surface area contributed by atoms with E-state index in [4.69, 9.17) is 10.9 Å². The van der Waals surface area contributed by atoms with Crippen LogP contribution in [0.1, 0.15) is 16.2 Å². The second kappa shape index (κ2) is 5.91. The number of terminal acetylenes is 1. The van der Waals surface area contributed by atoms with Crippen LogP contribution in [-0.4, -0.2) is 15.6 Å². The van der Waals surface area contributed by atoms with Crippen LogP contribution < -0.4 is 4.80 Å². The summed E-state index contributed by atoms with van der Waals surface area (Å²) >= 11 is 4.83. The smallest absolute Gasteiger partial charge is 0.318 e. The van der Waals surface area contributed by atoms with Gasteiger partial charge in [-0.1, -0.05) is 38.3 Å². The second-order valence-corrected chi connectivity index (χ2v) is 6.46. The quantitative estimate of drug-likeness (QED) is 0.646. The summed E-state index contributed by atoms with van der Waals surface area (Å²) in [6, 6.07) is 7.39. The second-order valence-electron chi connectivity index (χ2n) is 4.54. The average molecular weight is 376 g/mol. The van der Waals surface area contributed by atoms with Crippen LogP contribution in [0.15, 0.2) is 38.3 Å². The van der Waals surface area contributed by atoms with Gasteiger partial charge in [-0.05, 0) is 25.1 Å². The van der Waals surface area contributed by atoms with Crippen molar-refractivity contribution in [2.24, 2.45) is 4.99 Å². The van der Waals surface area contributed by atoms with Crippen molar-refractivity contribution in [2.45, 2.75) is 13.5 Å². The molecule has 0 aliphatic carbocycles. The summed E-state index contributed by atoms with van der Waals surface area (Å²) in [7, 11) is 0. The highest BCUT2D eigenvalue weighted by molar-refractivity contribution is 9.10. The van der Waals surface area contributed by atoms with Gasteiger partial charge in [0.15, 0.2) is 4.80 Å². The number of hydrogen-bond donors (Lipinski definition) is 0. The predicted molar refractivity (Wildman–Crippen MR) is 87.5 cm³/mol. The number of thiazole rings is 1. The minimum atomic E-state index is -0.475. The van der Waals surface area contributed by atoms with E-state index in [1.165, 1.54) is 11.3 Å². The summed E-state index contributed by atoms with van der Waals surface area (Å²) < 4.78 is 8.72. The number of carbonyl (C=O) groups excluding carboxylic acids is 1. The van der Waals surface area contributed by atoms with Crippen molar-refractivity contribution in [3.8, 4) is 12.3 Å². The molecule has 0 fully saturated rings. The number of aromatic nitrogens is 2. The first-order valence-corrected chi connectivity index (χ1v) is 7.94. The molecule has 3 aromatic rings. The van der Waals surface area contributed by atoms with Crippen molar-refractivity contribution in [3.05, 3.63) is 45.0 Å². The molecule has 2 aromatic heterocycles. The Morgan fingerprint density at radius 3 is 3.05 bits per heavy atom. The first-order chi connectivity index (χ1) is 10.6. The van der Waals surface area contributed by atoms with E-state index in [-0.39, 0.29) is 5.76 Å². The number of rotatable bonds is 2. The highest BCUT2D eigenvalue weighted by Gasteiger charge is 2.12. The van der Waals surface area contributed by atoms with Gasteiger partial charge in [-0.25, -0.2) is 0 Å². The van der Waals surface area contributed by atoms with E-state index < -0.39 is 5.91 Å². The first kappa shape index (κ1) is 14.8. The molecule has 0 saturated heterocycles. The Bertz CT molecular complexity index is 975. The predicted octanol–water partition coefficient (Wildman–Crippen LogP) is 3.14. The third-order valence-corrected chi connectivity index (χ3v) is 4.46. The molecule has 5 nitrogen and oxygen atoms in total. The fourth-order valence-electron chi connectivity index (χ4n) is 1.98. The number of nitrogens with zero attached hydrogens (tertiary/aromatic N) is 3. The van der Waals surface area contributed by atoms with Gasteiger partial charge in [-0.15, -0.1) is 6.42 Å². The fraction of sp³-hybridized carbons (Fsp3) is 0.133. The summed E-state index contributed by atoms with van der Waals surface area (Å²) in [5.41, 5.74) is 1.57. The average Bonchev–Trinajstić information content (AvgIpc) is 3.04. The van der Waals surface area contributed by atoms with Crippen LogP contribution in [0.25, 0.3) is 10.2 Å². The van der Waals surface area contributed by atoms with E-state index >= 15 is 0 Å². The molecule has 0 aliphatic heterocycles. The summed E-state index contributed by atoms with van der Waals surface area (Å²) in [6.45, 7) is 2.08. The maximum Gasteiger partial charge on any atom is 0.318 e. The Labute approximate surface area is 138 Å². The lowest BCUT2D eigenvalue weighted by atomic mass is 10.3. The van der Waals surface area contributed by atoms with E-state index in [1.807, 2.05) is 22.8 Å². The highest BCUT2D eigenvalue weighted by atomic mass is 79.9. The molecule has 0 saturated carbocycles. The van der Waals surface area contributed by atoms with Crippen molar-refractivity contribution in [3.63, 3.8) is 0 Å². The highest BCUT2D eigenvalue weighted by Crippen LogP contribution is 2.22. The Morgan fingerprint density at radius 2 is 2.36 bits per heavy atom. The maximum atomic E-state index is 12.2. The van der Waals surface area contributed by atoms with E-state index in [0.717, 1.165) is 14.7 Å². The third-order valence-electron chi connectivity index (χ3n) is 2.93. The molecule has 0 unspecified atom stereocenters. The lowest BCUT2D eigenvalue weighted by Crippen LogP contribution is -2.16. The number of fused-ring (bicyclic) bond motifs is 1. The number of carbonyl (C=O) groups is 1. The zero-order valence-corrected chi connectivity index (χ0v) is 13.9. The van der Waals surface area contributed by atoms with E-state index in [0.29, 0.717) is 17.0 Å². The van der Waals surface area contributed by atoms with Crippen molar-refractivity contribution >= 4 is 43.4 Å². The van der Waals surface area contributed by atoms with Crippen molar-refractivity contribution in [1.82, 2.24) is 9.72 Å². The lowest BCUT2D eigenvalue weighted by molar-refractivity contribution is 0.0962. The van der Waals surface area contributed by atoms with Crippen molar-refractivity contribution in [1.29, 1.82) is 0 Å². The largest absolute Gasteiger partial charge is 0.351 e. The summed E-state index contributed by atoms with van der Waals surface area (Å²) in [4.78, 5) is 16.8. The van der Waals surface area contributed by atoms with Gasteiger partial charge < -0.3 is 9.09 Å². The molecule has 0 N–H and O–H groups in total. The van der Waals surface area contributed by atoms with E-state index in [2.05, 4.69) is 32.0 Å². The molecule has 0 aliphatic rings. The van der Waals surface area contributed by atoms with E-state index in [9.17, 15) is 4.79 Å². The molecule has 0 spiro atoms. The third kappa shape index (κ3) is 2.75. The van der Waals surface area contributed by atoms with Gasteiger partial charge in [-0.2, -0.15) is 4.99 Å². The van der Waals surface area contributed by atoms with Gasteiger partial charge in [0.2, 0.25) is 5.76 Å². The molecule has 0 atom stereocenters. The Morgan fingerprint density at radius 1 is 1.55 bits per heavy atom. The molecule has 2 heterocycles. The molecular weight excluding hydrogens is 366 g/mol. The van der Waals surface area contributed by atoms with Crippen LogP contribution in [-0.2, 0) is 6.54 Å². The molecule has 22 heavy (non-hydrogen) atoms. The first-order valence-electron chi connectivity index (χ1n) is 6.33. The SMILES string of the molecule is C#CCn1c(=NC(=O)c2cc(C)no2)sc2cc(Br)ccc21. The van der Waals surface area contributed by atoms with E-state index in [1.54, 1.807) is 13.0 Å². The minimum absolute atomic E-state index is 0.114. The summed E-state index contributed by atoms with van der Waals surface area (Å²) in [6.07, 6.45) is 5.42. The minimum Gasteiger partial charge on any atom is -0.351 e. The molecular formula is C15H10BrN3O2S. The molecule has 0 radical (unpaired) electrons. The number of benzene rings is 1. The molecule has 1 aromatic carbocycles. The fourth-order valence-corrected chi connectivity index (χ4v) is 3.56. The molecule has 110 valence electrons. The Hall–Kier alpha value is -2.17. The van der Waals surface area contributed by atoms with Gasteiger partial charge in [-0.3, -0.25) is 4.79 Å². The van der Waals surface area contributed by atoms with Gasteiger partial charge >= 0.3 is 5.91 Å². The van der Waals surface area contributed by atoms with Crippen LogP contribution in [0.2, 0.25) is 0 Å². The van der Waals surface area contributed by atoms with Crippen LogP contribution in [0.3, 0.4) is 0 Å². The number of amides is 1. The normalized spacial score (nSPS) is 11.8. The summed E-state index contributed by atoms with van der Waals surface area (Å²) in [5.74, 6) is 2.22. The zero-order valence-electron chi connectivity index (χ0n) is 11.5. The van der Waals surface area contributed by atoms with Crippen molar-refractivity contribution in [2.75, 3.05) is 0 Å². The number of halogens is 1.